The number of amidine groups is 1. The van der Waals surface area contributed by atoms with Crippen LogP contribution in [-0.4, -0.2) is 73.3 Å². The van der Waals surface area contributed by atoms with E-state index >= 15 is 0 Å². The molecule has 0 aromatic heterocycles. The van der Waals surface area contributed by atoms with Crippen molar-refractivity contribution in [2.45, 2.75) is 13.8 Å². The first-order valence-corrected chi connectivity index (χ1v) is 12.4. The van der Waals surface area contributed by atoms with Crippen LogP contribution < -0.4 is 9.47 Å². The molecule has 2 saturated heterocycles. The monoisotopic (exact) mass is 495 g/mol. The van der Waals surface area contributed by atoms with E-state index in [-0.39, 0.29) is 11.8 Å². The van der Waals surface area contributed by atoms with Crippen LogP contribution in [0.4, 0.5) is 5.69 Å². The second kappa shape index (κ2) is 11.4. The number of nitrogens with zero attached hydrogens (tertiary/aromatic N) is 3. The molecule has 2 amide bonds. The van der Waals surface area contributed by atoms with Crippen LogP contribution in [0.2, 0.25) is 0 Å². The van der Waals surface area contributed by atoms with E-state index in [1.165, 1.54) is 11.8 Å². The zero-order valence-electron chi connectivity index (χ0n) is 20.2. The molecule has 8 nitrogen and oxygen atoms in total. The van der Waals surface area contributed by atoms with E-state index in [1.807, 2.05) is 50.3 Å². The molecule has 0 spiro atoms. The minimum atomic E-state index is -0.106. The van der Waals surface area contributed by atoms with E-state index in [0.29, 0.717) is 72.3 Å². The predicted octanol–water partition coefficient (Wildman–Crippen LogP) is 4.19. The van der Waals surface area contributed by atoms with Crippen molar-refractivity contribution >= 4 is 40.5 Å². The molecule has 184 valence electrons. The Morgan fingerprint density at radius 3 is 2.66 bits per heavy atom. The quantitative estimate of drug-likeness (QED) is 0.536. The van der Waals surface area contributed by atoms with Crippen molar-refractivity contribution in [2.24, 2.45) is 4.99 Å². The van der Waals surface area contributed by atoms with Gasteiger partial charge in [0.2, 0.25) is 0 Å². The number of benzene rings is 2. The number of rotatable bonds is 7. The van der Waals surface area contributed by atoms with Gasteiger partial charge in [-0.25, -0.2) is 4.99 Å². The van der Waals surface area contributed by atoms with Crippen LogP contribution in [0.15, 0.2) is 52.4 Å². The molecule has 0 radical (unpaired) electrons. The molecular weight excluding hydrogens is 466 g/mol. The standard InChI is InChI=1S/C26H29N3O5S/c1-4-29-25(31)23(16-18-9-10-21(32-3)22(15-18)34-5-2)35-26(29)27-20-8-6-7-19(17-20)24(30)28-11-13-33-14-12-28/h6-10,15-17H,4-5,11-14H2,1-3H3/b23-16+,27-26?. The minimum Gasteiger partial charge on any atom is -0.493 e. The maximum absolute atomic E-state index is 13.1. The first-order valence-electron chi connectivity index (χ1n) is 11.6. The third kappa shape index (κ3) is 5.68. The molecule has 0 unspecified atom stereocenters. The molecule has 2 aromatic rings. The molecule has 0 atom stereocenters. The van der Waals surface area contributed by atoms with Crippen LogP contribution in [-0.2, 0) is 9.53 Å². The maximum atomic E-state index is 13.1. The van der Waals surface area contributed by atoms with E-state index in [9.17, 15) is 9.59 Å². The number of hydrogen-bond donors (Lipinski definition) is 0. The lowest BCUT2D eigenvalue weighted by Crippen LogP contribution is -2.40. The van der Waals surface area contributed by atoms with E-state index in [1.54, 1.807) is 29.0 Å². The average molecular weight is 496 g/mol. The SMILES string of the molecule is CCOc1cc(/C=C2/SC(=Nc3cccc(C(=O)N4CCOCC4)c3)N(CC)C2=O)ccc1OC. The summed E-state index contributed by atoms with van der Waals surface area (Å²) in [6, 6.07) is 12.8. The number of methoxy groups -OCH3 is 1. The van der Waals surface area contributed by atoms with Crippen molar-refractivity contribution < 1.29 is 23.8 Å². The summed E-state index contributed by atoms with van der Waals surface area (Å²) in [5.74, 6) is 1.12. The Morgan fingerprint density at radius 2 is 1.94 bits per heavy atom. The fourth-order valence-corrected chi connectivity index (χ4v) is 4.90. The lowest BCUT2D eigenvalue weighted by molar-refractivity contribution is -0.122. The molecule has 2 aliphatic heterocycles. The molecule has 9 heteroatoms. The molecule has 0 aliphatic carbocycles. The number of hydrogen-bond acceptors (Lipinski definition) is 7. The van der Waals surface area contributed by atoms with Crippen molar-refractivity contribution in [1.82, 2.24) is 9.80 Å². The van der Waals surface area contributed by atoms with Gasteiger partial charge in [0.25, 0.3) is 11.8 Å². The van der Waals surface area contributed by atoms with Gasteiger partial charge in [-0.05, 0) is 67.6 Å². The number of thioether (sulfide) groups is 1. The van der Waals surface area contributed by atoms with Crippen LogP contribution >= 0.6 is 11.8 Å². The van der Waals surface area contributed by atoms with Gasteiger partial charge in [0, 0.05) is 25.2 Å². The Labute approximate surface area is 209 Å². The van der Waals surface area contributed by atoms with Crippen molar-refractivity contribution in [2.75, 3.05) is 46.6 Å². The van der Waals surface area contributed by atoms with Crippen LogP contribution in [0.3, 0.4) is 0 Å². The number of carbonyl (C=O) groups is 2. The van der Waals surface area contributed by atoms with Gasteiger partial charge in [0.1, 0.15) is 0 Å². The summed E-state index contributed by atoms with van der Waals surface area (Å²) in [7, 11) is 1.59. The van der Waals surface area contributed by atoms with Crippen LogP contribution in [0.1, 0.15) is 29.8 Å². The zero-order valence-corrected chi connectivity index (χ0v) is 21.0. The molecule has 2 aliphatic rings. The topological polar surface area (TPSA) is 80.7 Å². The Morgan fingerprint density at radius 1 is 1.14 bits per heavy atom. The Balaban J connectivity index is 1.58. The molecular formula is C26H29N3O5S. The van der Waals surface area contributed by atoms with Crippen LogP contribution in [0, 0.1) is 0 Å². The molecule has 4 rings (SSSR count). The van der Waals surface area contributed by atoms with Crippen molar-refractivity contribution in [3.8, 4) is 11.5 Å². The summed E-state index contributed by atoms with van der Waals surface area (Å²) < 4.78 is 16.3. The van der Waals surface area contributed by atoms with Gasteiger partial charge >= 0.3 is 0 Å². The van der Waals surface area contributed by atoms with Gasteiger partial charge in [-0.15, -0.1) is 0 Å². The minimum absolute atomic E-state index is 0.0388. The molecule has 2 fully saturated rings. The van der Waals surface area contributed by atoms with E-state index in [0.717, 1.165) is 5.56 Å². The summed E-state index contributed by atoms with van der Waals surface area (Å²) in [5.41, 5.74) is 2.03. The van der Waals surface area contributed by atoms with Crippen LogP contribution in [0.25, 0.3) is 6.08 Å². The van der Waals surface area contributed by atoms with Gasteiger partial charge in [0.05, 0.1) is 37.5 Å². The first-order chi connectivity index (χ1) is 17.0. The highest BCUT2D eigenvalue weighted by Crippen LogP contribution is 2.36. The van der Waals surface area contributed by atoms with E-state index < -0.39 is 0 Å². The highest BCUT2D eigenvalue weighted by Gasteiger charge is 2.32. The highest BCUT2D eigenvalue weighted by molar-refractivity contribution is 8.18. The Hall–Kier alpha value is -3.30. The molecule has 0 bridgehead atoms. The summed E-state index contributed by atoms with van der Waals surface area (Å²) in [6.07, 6.45) is 1.83. The lowest BCUT2D eigenvalue weighted by Gasteiger charge is -2.26. The Kier molecular flexibility index (Phi) is 8.09. The predicted molar refractivity (Wildman–Crippen MR) is 137 cm³/mol. The second-order valence-corrected chi connectivity index (χ2v) is 8.86. The van der Waals surface area contributed by atoms with Gasteiger partial charge in [-0.2, -0.15) is 0 Å². The number of likely N-dealkylation sites (N-methyl/N-ethyl adjacent to an activating group) is 1. The number of aliphatic imine (C=N–C) groups is 1. The Bertz CT molecular complexity index is 1160. The lowest BCUT2D eigenvalue weighted by atomic mass is 10.1. The van der Waals surface area contributed by atoms with Crippen molar-refractivity contribution in [3.63, 3.8) is 0 Å². The summed E-state index contributed by atoms with van der Waals surface area (Å²) in [4.78, 5) is 34.7. The van der Waals surface area contributed by atoms with Gasteiger partial charge in [-0.3, -0.25) is 14.5 Å². The molecule has 35 heavy (non-hydrogen) atoms. The number of amides is 2. The smallest absolute Gasteiger partial charge is 0.266 e. The van der Waals surface area contributed by atoms with Gasteiger partial charge in [0.15, 0.2) is 16.7 Å². The molecule has 2 aromatic carbocycles. The third-order valence-electron chi connectivity index (χ3n) is 5.61. The average Bonchev–Trinajstić information content (AvgIpc) is 3.18. The van der Waals surface area contributed by atoms with Gasteiger partial charge in [-0.1, -0.05) is 12.1 Å². The third-order valence-corrected chi connectivity index (χ3v) is 6.61. The van der Waals surface area contributed by atoms with E-state index in [4.69, 9.17) is 19.2 Å². The summed E-state index contributed by atoms with van der Waals surface area (Å²) in [5, 5.41) is 0.582. The zero-order chi connectivity index (χ0) is 24.8. The molecule has 0 saturated carbocycles. The first kappa shape index (κ1) is 24.8. The van der Waals surface area contributed by atoms with Crippen molar-refractivity contribution in [1.29, 1.82) is 0 Å². The summed E-state index contributed by atoms with van der Waals surface area (Å²) >= 11 is 1.32. The number of carbonyl (C=O) groups excluding carboxylic acids is 2. The van der Waals surface area contributed by atoms with Gasteiger partial charge < -0.3 is 19.1 Å². The normalized spacial score (nSPS) is 18.4. The highest BCUT2D eigenvalue weighted by atomic mass is 32.2. The van der Waals surface area contributed by atoms with Crippen LogP contribution in [0.5, 0.6) is 11.5 Å². The molecule has 0 N–H and O–H groups in total. The number of ether oxygens (including phenoxy) is 3. The van der Waals surface area contributed by atoms with Crippen molar-refractivity contribution in [3.05, 3.63) is 58.5 Å². The maximum Gasteiger partial charge on any atom is 0.266 e. The van der Waals surface area contributed by atoms with E-state index in [2.05, 4.69) is 0 Å². The fourth-order valence-electron chi connectivity index (χ4n) is 3.84. The largest absolute Gasteiger partial charge is 0.493 e. The number of morpholine rings is 1. The summed E-state index contributed by atoms with van der Waals surface area (Å²) in [6.45, 7) is 7.08. The molecule has 2 heterocycles. The fraction of sp³-hybridized carbons (Fsp3) is 0.346. The second-order valence-electron chi connectivity index (χ2n) is 7.85.